The lowest BCUT2D eigenvalue weighted by molar-refractivity contribution is -0.145. The molecule has 0 spiro atoms. The third-order valence-electron chi connectivity index (χ3n) is 2.66. The fourth-order valence-corrected chi connectivity index (χ4v) is 1.92. The largest absolute Gasteiger partial charge is 0.458 e. The average molecular weight is 182 g/mol. The summed E-state index contributed by atoms with van der Waals surface area (Å²) in [6.07, 6.45) is 2.27. The van der Waals surface area contributed by atoms with Crippen molar-refractivity contribution in [1.82, 2.24) is 0 Å². The topological polar surface area (TPSA) is 26.3 Å². The standard InChI is InChI=1S/C11H18O2/c1-7(2)10-6-5-8(3)11(10)13-9(4)12/h8,11H,5-6H2,1-4H3. The van der Waals surface area contributed by atoms with Gasteiger partial charge in [0, 0.05) is 6.92 Å². The van der Waals surface area contributed by atoms with Gasteiger partial charge in [-0.3, -0.25) is 4.79 Å². The zero-order valence-electron chi connectivity index (χ0n) is 8.89. The van der Waals surface area contributed by atoms with Crippen molar-refractivity contribution in [2.24, 2.45) is 5.92 Å². The zero-order valence-corrected chi connectivity index (χ0v) is 8.89. The van der Waals surface area contributed by atoms with E-state index in [4.69, 9.17) is 4.74 Å². The highest BCUT2D eigenvalue weighted by molar-refractivity contribution is 5.66. The van der Waals surface area contributed by atoms with Crippen LogP contribution in [0.4, 0.5) is 0 Å². The van der Waals surface area contributed by atoms with E-state index >= 15 is 0 Å². The molecule has 0 amide bonds. The highest BCUT2D eigenvalue weighted by Gasteiger charge is 2.31. The molecule has 0 N–H and O–H groups in total. The van der Waals surface area contributed by atoms with Gasteiger partial charge in [0.15, 0.2) is 0 Å². The summed E-state index contributed by atoms with van der Waals surface area (Å²) in [4.78, 5) is 10.9. The first-order chi connectivity index (χ1) is 6.02. The number of hydrogen-bond acceptors (Lipinski definition) is 2. The third-order valence-corrected chi connectivity index (χ3v) is 2.66. The molecule has 1 rings (SSSR count). The van der Waals surface area contributed by atoms with Gasteiger partial charge < -0.3 is 4.74 Å². The SMILES string of the molecule is CC(=O)OC1C(=C(C)C)CCC1C. The molecule has 13 heavy (non-hydrogen) atoms. The summed E-state index contributed by atoms with van der Waals surface area (Å²) in [7, 11) is 0. The van der Waals surface area contributed by atoms with Crippen LogP contribution < -0.4 is 0 Å². The van der Waals surface area contributed by atoms with E-state index in [1.807, 2.05) is 0 Å². The molecule has 2 unspecified atom stereocenters. The van der Waals surface area contributed by atoms with Crippen LogP contribution >= 0.6 is 0 Å². The maximum Gasteiger partial charge on any atom is 0.303 e. The van der Waals surface area contributed by atoms with Crippen molar-refractivity contribution in [3.05, 3.63) is 11.1 Å². The first-order valence-electron chi connectivity index (χ1n) is 4.86. The Morgan fingerprint density at radius 3 is 2.46 bits per heavy atom. The Morgan fingerprint density at radius 1 is 1.38 bits per heavy atom. The second-order valence-corrected chi connectivity index (χ2v) is 4.07. The predicted octanol–water partition coefficient (Wildman–Crippen LogP) is 2.68. The summed E-state index contributed by atoms with van der Waals surface area (Å²) in [5.74, 6) is 0.311. The molecular weight excluding hydrogens is 164 g/mol. The molecule has 0 heterocycles. The molecule has 0 aromatic heterocycles. The van der Waals surface area contributed by atoms with E-state index in [0.717, 1.165) is 12.8 Å². The minimum absolute atomic E-state index is 0.0440. The second kappa shape index (κ2) is 3.95. The molecule has 2 atom stereocenters. The summed E-state index contributed by atoms with van der Waals surface area (Å²) < 4.78 is 5.30. The monoisotopic (exact) mass is 182 g/mol. The Balaban J connectivity index is 2.78. The molecule has 0 bridgehead atoms. The molecule has 0 aromatic rings. The molecule has 1 saturated carbocycles. The van der Waals surface area contributed by atoms with Crippen molar-refractivity contribution >= 4 is 5.97 Å². The van der Waals surface area contributed by atoms with E-state index in [0.29, 0.717) is 5.92 Å². The molecular formula is C11H18O2. The Hall–Kier alpha value is -0.790. The van der Waals surface area contributed by atoms with Gasteiger partial charge in [0.1, 0.15) is 6.10 Å². The van der Waals surface area contributed by atoms with Gasteiger partial charge in [-0.1, -0.05) is 12.5 Å². The van der Waals surface area contributed by atoms with Crippen LogP contribution in [0.15, 0.2) is 11.1 Å². The van der Waals surface area contributed by atoms with Crippen molar-refractivity contribution < 1.29 is 9.53 Å². The maximum atomic E-state index is 10.9. The van der Waals surface area contributed by atoms with E-state index in [2.05, 4.69) is 20.8 Å². The normalized spacial score (nSPS) is 27.5. The number of ether oxygens (including phenoxy) is 1. The van der Waals surface area contributed by atoms with Gasteiger partial charge in [0.05, 0.1) is 0 Å². The number of rotatable bonds is 1. The Kier molecular flexibility index (Phi) is 3.12. The smallest absolute Gasteiger partial charge is 0.303 e. The van der Waals surface area contributed by atoms with Crippen LogP contribution in [0.2, 0.25) is 0 Å². The first-order valence-corrected chi connectivity index (χ1v) is 4.86. The van der Waals surface area contributed by atoms with Crippen molar-refractivity contribution in [2.75, 3.05) is 0 Å². The van der Waals surface area contributed by atoms with Gasteiger partial charge in [-0.15, -0.1) is 0 Å². The Morgan fingerprint density at radius 2 is 2.00 bits per heavy atom. The molecule has 2 heteroatoms. The fourth-order valence-electron chi connectivity index (χ4n) is 1.92. The number of esters is 1. The molecule has 0 aliphatic heterocycles. The van der Waals surface area contributed by atoms with Crippen LogP contribution in [0.25, 0.3) is 0 Å². The quantitative estimate of drug-likeness (QED) is 0.460. The van der Waals surface area contributed by atoms with E-state index in [9.17, 15) is 4.79 Å². The lowest BCUT2D eigenvalue weighted by atomic mass is 10.0. The van der Waals surface area contributed by atoms with Gasteiger partial charge in [0.2, 0.25) is 0 Å². The van der Waals surface area contributed by atoms with Crippen molar-refractivity contribution in [3.63, 3.8) is 0 Å². The van der Waals surface area contributed by atoms with E-state index in [1.165, 1.54) is 18.1 Å². The molecule has 1 fully saturated rings. The van der Waals surface area contributed by atoms with Crippen LogP contribution in [0.5, 0.6) is 0 Å². The highest BCUT2D eigenvalue weighted by atomic mass is 16.5. The van der Waals surface area contributed by atoms with Crippen LogP contribution in [0.3, 0.4) is 0 Å². The molecule has 1 aliphatic carbocycles. The van der Waals surface area contributed by atoms with Crippen LogP contribution in [0.1, 0.15) is 40.5 Å². The van der Waals surface area contributed by atoms with Gasteiger partial charge in [0.25, 0.3) is 0 Å². The van der Waals surface area contributed by atoms with Gasteiger partial charge >= 0.3 is 5.97 Å². The zero-order chi connectivity index (χ0) is 10.0. The Labute approximate surface area is 80.0 Å². The second-order valence-electron chi connectivity index (χ2n) is 4.07. The summed E-state index contributed by atoms with van der Waals surface area (Å²) >= 11 is 0. The molecule has 0 saturated heterocycles. The minimum atomic E-state index is -0.169. The third kappa shape index (κ3) is 2.33. The molecule has 0 aromatic carbocycles. The van der Waals surface area contributed by atoms with Crippen LogP contribution in [0, 0.1) is 5.92 Å². The van der Waals surface area contributed by atoms with Crippen molar-refractivity contribution in [3.8, 4) is 0 Å². The van der Waals surface area contributed by atoms with Gasteiger partial charge in [-0.25, -0.2) is 0 Å². The molecule has 74 valence electrons. The summed E-state index contributed by atoms with van der Waals surface area (Å²) in [5.41, 5.74) is 2.62. The van der Waals surface area contributed by atoms with Crippen molar-refractivity contribution in [2.45, 2.75) is 46.6 Å². The highest BCUT2D eigenvalue weighted by Crippen LogP contribution is 2.34. The van der Waals surface area contributed by atoms with Crippen molar-refractivity contribution in [1.29, 1.82) is 0 Å². The van der Waals surface area contributed by atoms with Gasteiger partial charge in [-0.05, 0) is 38.2 Å². The van der Waals surface area contributed by atoms with E-state index in [1.54, 1.807) is 0 Å². The molecule has 2 nitrogen and oxygen atoms in total. The number of carbonyl (C=O) groups excluding carboxylic acids is 1. The van der Waals surface area contributed by atoms with E-state index < -0.39 is 0 Å². The van der Waals surface area contributed by atoms with E-state index in [-0.39, 0.29) is 12.1 Å². The number of allylic oxidation sites excluding steroid dienone is 1. The summed E-state index contributed by atoms with van der Waals surface area (Å²) in [6, 6.07) is 0. The predicted molar refractivity (Wildman–Crippen MR) is 52.3 cm³/mol. The maximum absolute atomic E-state index is 10.9. The molecule has 1 aliphatic rings. The summed E-state index contributed by atoms with van der Waals surface area (Å²) in [6.45, 7) is 7.80. The average Bonchev–Trinajstić information content (AvgIpc) is 2.32. The lowest BCUT2D eigenvalue weighted by Gasteiger charge is -2.18. The lowest BCUT2D eigenvalue weighted by Crippen LogP contribution is -2.20. The summed E-state index contributed by atoms with van der Waals surface area (Å²) in [5, 5.41) is 0. The van der Waals surface area contributed by atoms with Crippen LogP contribution in [-0.2, 0) is 9.53 Å². The van der Waals surface area contributed by atoms with Crippen LogP contribution in [-0.4, -0.2) is 12.1 Å². The minimum Gasteiger partial charge on any atom is -0.458 e. The number of carbonyl (C=O) groups is 1. The molecule has 0 radical (unpaired) electrons. The fraction of sp³-hybridized carbons (Fsp3) is 0.727. The first kappa shape index (κ1) is 10.3. The Bertz CT molecular complexity index is 236. The van der Waals surface area contributed by atoms with Gasteiger partial charge in [-0.2, -0.15) is 0 Å². The number of hydrogen-bond donors (Lipinski definition) is 0.